The van der Waals surface area contributed by atoms with Crippen molar-refractivity contribution in [2.24, 2.45) is 0 Å². The highest BCUT2D eigenvalue weighted by molar-refractivity contribution is 5.97. The van der Waals surface area contributed by atoms with Gasteiger partial charge in [0.1, 0.15) is 11.3 Å². The standard InChI is InChI=1S/C18H14FNO4/c19-13-5-3-4-12(10-13)15(21)11-23-18(22)9-8-17-20-14-6-1-2-7-16(14)24-17/h1-7,10H,8-9,11H2. The molecule has 0 radical (unpaired) electrons. The maximum atomic E-state index is 13.0. The van der Waals surface area contributed by atoms with Gasteiger partial charge >= 0.3 is 5.97 Å². The average molecular weight is 327 g/mol. The van der Waals surface area contributed by atoms with Crippen LogP contribution in [0.2, 0.25) is 0 Å². The van der Waals surface area contributed by atoms with E-state index in [0.29, 0.717) is 11.5 Å². The third kappa shape index (κ3) is 3.84. The van der Waals surface area contributed by atoms with Crippen LogP contribution in [0.5, 0.6) is 0 Å². The molecule has 1 heterocycles. The Balaban J connectivity index is 1.49. The van der Waals surface area contributed by atoms with Crippen LogP contribution in [0, 0.1) is 5.82 Å². The Labute approximate surface area is 137 Å². The third-order valence-corrected chi connectivity index (χ3v) is 3.39. The quantitative estimate of drug-likeness (QED) is 0.513. The van der Waals surface area contributed by atoms with E-state index in [1.54, 1.807) is 6.07 Å². The molecule has 0 unspecified atom stereocenters. The van der Waals surface area contributed by atoms with E-state index in [1.807, 2.05) is 18.2 Å². The molecule has 0 atom stereocenters. The molecule has 1 aromatic heterocycles. The minimum atomic E-state index is -0.540. The molecule has 0 bridgehead atoms. The number of hydrogen-bond donors (Lipinski definition) is 0. The number of carbonyl (C=O) groups is 2. The second-order valence-electron chi connectivity index (χ2n) is 5.17. The molecule has 3 rings (SSSR count). The first-order valence-corrected chi connectivity index (χ1v) is 7.40. The fourth-order valence-electron chi connectivity index (χ4n) is 2.20. The van der Waals surface area contributed by atoms with Crippen molar-refractivity contribution in [3.8, 4) is 0 Å². The topological polar surface area (TPSA) is 69.4 Å². The number of ketones is 1. The van der Waals surface area contributed by atoms with Crippen molar-refractivity contribution in [2.45, 2.75) is 12.8 Å². The molecule has 3 aromatic rings. The van der Waals surface area contributed by atoms with Gasteiger partial charge in [0.15, 0.2) is 23.9 Å². The summed E-state index contributed by atoms with van der Waals surface area (Å²) in [5, 5.41) is 0. The van der Waals surface area contributed by atoms with E-state index in [4.69, 9.17) is 9.15 Å². The molecule has 0 N–H and O–H groups in total. The molecule has 0 spiro atoms. The van der Waals surface area contributed by atoms with Crippen LogP contribution in [-0.2, 0) is 16.0 Å². The summed E-state index contributed by atoms with van der Waals surface area (Å²) >= 11 is 0. The van der Waals surface area contributed by atoms with Crippen LogP contribution in [-0.4, -0.2) is 23.3 Å². The Bertz CT molecular complexity index is 854. The highest BCUT2D eigenvalue weighted by atomic mass is 19.1. The maximum absolute atomic E-state index is 13.0. The van der Waals surface area contributed by atoms with Gasteiger partial charge in [0, 0.05) is 12.0 Å². The number of hydrogen-bond acceptors (Lipinski definition) is 5. The van der Waals surface area contributed by atoms with Crippen LogP contribution in [0.25, 0.3) is 11.1 Å². The summed E-state index contributed by atoms with van der Waals surface area (Å²) in [5.41, 5.74) is 1.55. The van der Waals surface area contributed by atoms with E-state index < -0.39 is 24.2 Å². The molecule has 122 valence electrons. The van der Waals surface area contributed by atoms with Crippen LogP contribution < -0.4 is 0 Å². The Morgan fingerprint density at radius 3 is 2.75 bits per heavy atom. The molecule has 0 saturated heterocycles. The molecule has 2 aromatic carbocycles. The molecular weight excluding hydrogens is 313 g/mol. The molecule has 0 saturated carbocycles. The molecule has 0 aliphatic carbocycles. The van der Waals surface area contributed by atoms with E-state index in [0.717, 1.165) is 11.6 Å². The van der Waals surface area contributed by atoms with Gasteiger partial charge in [-0.2, -0.15) is 0 Å². The van der Waals surface area contributed by atoms with Gasteiger partial charge in [0.2, 0.25) is 0 Å². The summed E-state index contributed by atoms with van der Waals surface area (Å²) in [6.45, 7) is -0.421. The van der Waals surface area contributed by atoms with Gasteiger partial charge in [0.05, 0.1) is 6.42 Å². The predicted octanol–water partition coefficient (Wildman–Crippen LogP) is 3.33. The average Bonchev–Trinajstić information content (AvgIpc) is 3.00. The minimum Gasteiger partial charge on any atom is -0.457 e. The van der Waals surface area contributed by atoms with Gasteiger partial charge < -0.3 is 9.15 Å². The van der Waals surface area contributed by atoms with Crippen molar-refractivity contribution in [3.05, 3.63) is 65.8 Å². The number of para-hydroxylation sites is 2. The van der Waals surface area contributed by atoms with E-state index in [2.05, 4.69) is 4.98 Å². The second kappa shape index (κ2) is 7.04. The molecule has 6 heteroatoms. The molecule has 24 heavy (non-hydrogen) atoms. The van der Waals surface area contributed by atoms with Crippen LogP contribution in [0.3, 0.4) is 0 Å². The Kier molecular flexibility index (Phi) is 4.65. The molecule has 0 fully saturated rings. The first-order valence-electron chi connectivity index (χ1n) is 7.40. The normalized spacial score (nSPS) is 10.7. The number of carbonyl (C=O) groups excluding carboxylic acids is 2. The summed E-state index contributed by atoms with van der Waals surface area (Å²) in [4.78, 5) is 27.8. The molecule has 0 aliphatic rings. The highest BCUT2D eigenvalue weighted by Gasteiger charge is 2.12. The lowest BCUT2D eigenvalue weighted by Gasteiger charge is -2.03. The van der Waals surface area contributed by atoms with Crippen molar-refractivity contribution in [1.82, 2.24) is 4.98 Å². The smallest absolute Gasteiger partial charge is 0.306 e. The zero-order chi connectivity index (χ0) is 16.9. The van der Waals surface area contributed by atoms with Crippen molar-refractivity contribution in [1.29, 1.82) is 0 Å². The number of esters is 1. The van der Waals surface area contributed by atoms with Gasteiger partial charge in [-0.05, 0) is 24.3 Å². The van der Waals surface area contributed by atoms with Gasteiger partial charge in [0.25, 0.3) is 0 Å². The first kappa shape index (κ1) is 15.9. The highest BCUT2D eigenvalue weighted by Crippen LogP contribution is 2.15. The monoisotopic (exact) mass is 327 g/mol. The summed E-state index contributed by atoms with van der Waals surface area (Å²) in [7, 11) is 0. The fourth-order valence-corrected chi connectivity index (χ4v) is 2.20. The fraction of sp³-hybridized carbons (Fsp3) is 0.167. The van der Waals surface area contributed by atoms with Gasteiger partial charge in [-0.3, -0.25) is 9.59 Å². The van der Waals surface area contributed by atoms with E-state index in [9.17, 15) is 14.0 Å². The largest absolute Gasteiger partial charge is 0.457 e. The summed E-state index contributed by atoms with van der Waals surface area (Å²) in [6.07, 6.45) is 0.324. The minimum absolute atomic E-state index is 0.0449. The van der Waals surface area contributed by atoms with Crippen molar-refractivity contribution in [3.63, 3.8) is 0 Å². The third-order valence-electron chi connectivity index (χ3n) is 3.39. The summed E-state index contributed by atoms with van der Waals surface area (Å²) < 4.78 is 23.5. The molecular formula is C18H14FNO4. The zero-order valence-corrected chi connectivity index (χ0v) is 12.7. The number of halogens is 1. The molecule has 0 aliphatic heterocycles. The number of nitrogens with zero attached hydrogens (tertiary/aromatic N) is 1. The number of fused-ring (bicyclic) bond motifs is 1. The number of aromatic nitrogens is 1. The Morgan fingerprint density at radius 2 is 1.96 bits per heavy atom. The number of oxazole rings is 1. The SMILES string of the molecule is O=C(CCc1nc2ccccc2o1)OCC(=O)c1cccc(F)c1. The molecule has 5 nitrogen and oxygen atoms in total. The van der Waals surface area contributed by atoms with Gasteiger partial charge in [-0.25, -0.2) is 9.37 Å². The van der Waals surface area contributed by atoms with Crippen LogP contribution in [0.15, 0.2) is 52.9 Å². The number of aryl methyl sites for hydroxylation is 1. The van der Waals surface area contributed by atoms with E-state index in [1.165, 1.54) is 18.2 Å². The van der Waals surface area contributed by atoms with Crippen LogP contribution in [0.4, 0.5) is 4.39 Å². The Morgan fingerprint density at radius 1 is 1.12 bits per heavy atom. The number of rotatable bonds is 6. The number of benzene rings is 2. The van der Waals surface area contributed by atoms with Crippen molar-refractivity contribution in [2.75, 3.05) is 6.61 Å². The number of Topliss-reactive ketones (excluding diaryl/α,β-unsaturated/α-hetero) is 1. The summed E-state index contributed by atoms with van der Waals surface area (Å²) in [5.74, 6) is -1.07. The van der Waals surface area contributed by atoms with Crippen LogP contribution >= 0.6 is 0 Å². The Hall–Kier alpha value is -3.02. The van der Waals surface area contributed by atoms with E-state index >= 15 is 0 Å². The zero-order valence-electron chi connectivity index (χ0n) is 12.7. The van der Waals surface area contributed by atoms with Crippen LogP contribution in [0.1, 0.15) is 22.7 Å². The van der Waals surface area contributed by atoms with Crippen molar-refractivity contribution < 1.29 is 23.1 Å². The lowest BCUT2D eigenvalue weighted by Crippen LogP contribution is -2.14. The van der Waals surface area contributed by atoms with E-state index in [-0.39, 0.29) is 18.4 Å². The summed E-state index contributed by atoms with van der Waals surface area (Å²) in [6, 6.07) is 12.5. The maximum Gasteiger partial charge on any atom is 0.306 e. The molecule has 0 amide bonds. The lowest BCUT2D eigenvalue weighted by atomic mass is 10.1. The second-order valence-corrected chi connectivity index (χ2v) is 5.17. The first-order chi connectivity index (χ1) is 11.6. The van der Waals surface area contributed by atoms with Gasteiger partial charge in [-0.15, -0.1) is 0 Å². The van der Waals surface area contributed by atoms with Gasteiger partial charge in [-0.1, -0.05) is 24.3 Å². The van der Waals surface area contributed by atoms with Crippen molar-refractivity contribution >= 4 is 22.9 Å². The lowest BCUT2D eigenvalue weighted by molar-refractivity contribution is -0.142. The predicted molar refractivity (Wildman–Crippen MR) is 84.0 cm³/mol. The number of ether oxygens (including phenoxy) is 1.